The van der Waals surface area contributed by atoms with Crippen LogP contribution in [-0.4, -0.2) is 15.2 Å². The minimum atomic E-state index is -0.100. The maximum Gasteiger partial charge on any atom is 0.270 e. The van der Waals surface area contributed by atoms with Crippen LogP contribution in [0.4, 0.5) is 5.69 Å². The summed E-state index contributed by atoms with van der Waals surface area (Å²) in [7, 11) is 0. The van der Waals surface area contributed by atoms with Crippen molar-refractivity contribution in [1.82, 2.24) is 4.98 Å². The van der Waals surface area contributed by atoms with Gasteiger partial charge in [-0.05, 0) is 48.0 Å². The number of rotatable bonds is 5. The smallest absolute Gasteiger partial charge is 0.270 e. The second-order valence-corrected chi connectivity index (χ2v) is 7.71. The fourth-order valence-corrected chi connectivity index (χ4v) is 4.02. The predicted octanol–water partition coefficient (Wildman–Crippen LogP) is 5.07. The second-order valence-electron chi connectivity index (χ2n) is 6.03. The van der Waals surface area contributed by atoms with Crippen LogP contribution in [0.3, 0.4) is 0 Å². The average Bonchev–Trinajstić information content (AvgIpc) is 3.02. The van der Waals surface area contributed by atoms with Crippen LogP contribution >= 0.6 is 24.0 Å². The van der Waals surface area contributed by atoms with Gasteiger partial charge in [-0.2, -0.15) is 0 Å². The SMILES string of the molecule is O=C1C(=Cc2ccc(OCc3ccccn3)cc2)SC(=S)N1c1ccccc1. The summed E-state index contributed by atoms with van der Waals surface area (Å²) in [5.74, 6) is 0.649. The van der Waals surface area contributed by atoms with Gasteiger partial charge in [0.15, 0.2) is 4.32 Å². The minimum absolute atomic E-state index is 0.100. The third kappa shape index (κ3) is 4.13. The van der Waals surface area contributed by atoms with E-state index in [-0.39, 0.29) is 5.91 Å². The Balaban J connectivity index is 1.45. The van der Waals surface area contributed by atoms with Crippen molar-refractivity contribution in [2.45, 2.75) is 6.61 Å². The van der Waals surface area contributed by atoms with Crippen molar-refractivity contribution in [2.75, 3.05) is 4.90 Å². The standard InChI is InChI=1S/C22H16N2O2S2/c25-21-20(28-22(27)24(21)18-7-2-1-3-8-18)14-16-9-11-19(12-10-16)26-15-17-6-4-5-13-23-17/h1-14H,15H2. The van der Waals surface area contributed by atoms with Crippen molar-refractivity contribution >= 4 is 46.0 Å². The highest BCUT2D eigenvalue weighted by atomic mass is 32.2. The molecule has 4 rings (SSSR count). The van der Waals surface area contributed by atoms with E-state index in [9.17, 15) is 4.79 Å². The molecular weight excluding hydrogens is 388 g/mol. The van der Waals surface area contributed by atoms with E-state index in [0.29, 0.717) is 15.8 Å². The summed E-state index contributed by atoms with van der Waals surface area (Å²) in [5.41, 5.74) is 2.57. The molecule has 0 saturated carbocycles. The Kier molecular flexibility index (Phi) is 5.50. The number of hydrogen-bond donors (Lipinski definition) is 0. The van der Waals surface area contributed by atoms with Crippen LogP contribution in [0.5, 0.6) is 5.75 Å². The molecule has 28 heavy (non-hydrogen) atoms. The van der Waals surface area contributed by atoms with Gasteiger partial charge < -0.3 is 4.74 Å². The van der Waals surface area contributed by atoms with Crippen molar-refractivity contribution < 1.29 is 9.53 Å². The number of ether oxygens (including phenoxy) is 1. The monoisotopic (exact) mass is 404 g/mol. The lowest BCUT2D eigenvalue weighted by atomic mass is 10.2. The van der Waals surface area contributed by atoms with Crippen molar-refractivity contribution in [3.63, 3.8) is 0 Å². The summed E-state index contributed by atoms with van der Waals surface area (Å²) in [6, 6.07) is 22.8. The Morgan fingerprint density at radius 1 is 1.00 bits per heavy atom. The van der Waals surface area contributed by atoms with E-state index in [0.717, 1.165) is 22.7 Å². The van der Waals surface area contributed by atoms with Gasteiger partial charge in [0.05, 0.1) is 16.3 Å². The zero-order valence-electron chi connectivity index (χ0n) is 14.8. The highest BCUT2D eigenvalue weighted by Crippen LogP contribution is 2.36. The van der Waals surface area contributed by atoms with Crippen LogP contribution in [0.2, 0.25) is 0 Å². The molecule has 0 radical (unpaired) electrons. The summed E-state index contributed by atoms with van der Waals surface area (Å²) in [6.45, 7) is 0.413. The zero-order valence-corrected chi connectivity index (χ0v) is 16.5. The molecule has 0 atom stereocenters. The van der Waals surface area contributed by atoms with Crippen molar-refractivity contribution in [3.05, 3.63) is 95.2 Å². The summed E-state index contributed by atoms with van der Waals surface area (Å²) in [5, 5.41) is 0. The summed E-state index contributed by atoms with van der Waals surface area (Å²) >= 11 is 6.71. The number of amides is 1. The van der Waals surface area contributed by atoms with E-state index in [1.54, 1.807) is 11.1 Å². The topological polar surface area (TPSA) is 42.4 Å². The van der Waals surface area contributed by atoms with Crippen LogP contribution < -0.4 is 9.64 Å². The molecule has 0 bridgehead atoms. The van der Waals surface area contributed by atoms with Gasteiger partial charge in [-0.3, -0.25) is 14.7 Å². The van der Waals surface area contributed by atoms with E-state index >= 15 is 0 Å². The number of pyridine rings is 1. The quantitative estimate of drug-likeness (QED) is 0.439. The van der Waals surface area contributed by atoms with Crippen LogP contribution in [-0.2, 0) is 11.4 Å². The van der Waals surface area contributed by atoms with E-state index in [2.05, 4.69) is 4.98 Å². The largest absolute Gasteiger partial charge is 0.487 e. The molecule has 138 valence electrons. The molecule has 1 fully saturated rings. The first kappa shape index (κ1) is 18.4. The first-order chi connectivity index (χ1) is 13.7. The molecule has 0 spiro atoms. The number of thioether (sulfide) groups is 1. The van der Waals surface area contributed by atoms with Crippen molar-refractivity contribution in [3.8, 4) is 5.75 Å². The van der Waals surface area contributed by atoms with Gasteiger partial charge in [-0.15, -0.1) is 0 Å². The van der Waals surface area contributed by atoms with Gasteiger partial charge in [0, 0.05) is 6.20 Å². The molecule has 1 aromatic heterocycles. The van der Waals surface area contributed by atoms with Gasteiger partial charge in [0.1, 0.15) is 12.4 Å². The van der Waals surface area contributed by atoms with Gasteiger partial charge in [0.25, 0.3) is 5.91 Å². The van der Waals surface area contributed by atoms with Crippen LogP contribution in [0.15, 0.2) is 83.9 Å². The van der Waals surface area contributed by atoms with E-state index in [4.69, 9.17) is 17.0 Å². The minimum Gasteiger partial charge on any atom is -0.487 e. The van der Waals surface area contributed by atoms with E-state index in [1.807, 2.05) is 78.9 Å². The van der Waals surface area contributed by atoms with Crippen molar-refractivity contribution in [1.29, 1.82) is 0 Å². The van der Waals surface area contributed by atoms with Crippen LogP contribution in [0.25, 0.3) is 6.08 Å². The number of anilines is 1. The fourth-order valence-electron chi connectivity index (χ4n) is 2.72. The van der Waals surface area contributed by atoms with Crippen molar-refractivity contribution in [2.24, 2.45) is 0 Å². The van der Waals surface area contributed by atoms with Gasteiger partial charge in [-0.1, -0.05) is 60.4 Å². The first-order valence-corrected chi connectivity index (χ1v) is 9.89. The zero-order chi connectivity index (χ0) is 19.3. The lowest BCUT2D eigenvalue weighted by molar-refractivity contribution is -0.113. The highest BCUT2D eigenvalue weighted by molar-refractivity contribution is 8.27. The number of aromatic nitrogens is 1. The number of thiocarbonyl (C=S) groups is 1. The van der Waals surface area contributed by atoms with Gasteiger partial charge in [-0.25, -0.2) is 0 Å². The molecule has 6 heteroatoms. The molecule has 0 N–H and O–H groups in total. The lowest BCUT2D eigenvalue weighted by Gasteiger charge is -2.13. The molecule has 1 saturated heterocycles. The summed E-state index contributed by atoms with van der Waals surface area (Å²) in [4.78, 5) is 19.2. The molecule has 1 aliphatic heterocycles. The second kappa shape index (κ2) is 8.37. The Hall–Kier alpha value is -2.96. The number of benzene rings is 2. The average molecular weight is 405 g/mol. The Bertz CT molecular complexity index is 1020. The third-order valence-corrected chi connectivity index (χ3v) is 5.40. The normalized spacial score (nSPS) is 15.3. The molecule has 2 heterocycles. The van der Waals surface area contributed by atoms with Crippen LogP contribution in [0, 0.1) is 0 Å². The van der Waals surface area contributed by atoms with Gasteiger partial charge in [0.2, 0.25) is 0 Å². The first-order valence-electron chi connectivity index (χ1n) is 8.66. The molecule has 3 aromatic rings. The number of nitrogens with zero attached hydrogens (tertiary/aromatic N) is 2. The van der Waals surface area contributed by atoms with E-state index in [1.165, 1.54) is 11.8 Å². The summed E-state index contributed by atoms with van der Waals surface area (Å²) in [6.07, 6.45) is 3.60. The Morgan fingerprint density at radius 3 is 2.46 bits per heavy atom. The fraction of sp³-hybridized carbons (Fsp3) is 0.0455. The molecule has 1 aliphatic rings. The molecule has 1 amide bonds. The maximum absolute atomic E-state index is 12.8. The maximum atomic E-state index is 12.8. The molecule has 4 nitrogen and oxygen atoms in total. The Morgan fingerprint density at radius 2 is 1.75 bits per heavy atom. The number of hydrogen-bond acceptors (Lipinski definition) is 5. The van der Waals surface area contributed by atoms with E-state index < -0.39 is 0 Å². The molecule has 0 unspecified atom stereocenters. The Labute approximate surface area is 172 Å². The highest BCUT2D eigenvalue weighted by Gasteiger charge is 2.33. The number of carbonyl (C=O) groups excluding carboxylic acids is 1. The number of carbonyl (C=O) groups is 1. The van der Waals surface area contributed by atoms with Gasteiger partial charge >= 0.3 is 0 Å². The molecule has 0 aliphatic carbocycles. The lowest BCUT2D eigenvalue weighted by Crippen LogP contribution is -2.27. The van der Waals surface area contributed by atoms with Crippen LogP contribution in [0.1, 0.15) is 11.3 Å². The molecule has 2 aromatic carbocycles. The predicted molar refractivity (Wildman–Crippen MR) is 117 cm³/mol. The summed E-state index contributed by atoms with van der Waals surface area (Å²) < 4.78 is 6.29. The molecular formula is C22H16N2O2S2. The number of para-hydroxylation sites is 1. The third-order valence-electron chi connectivity index (χ3n) is 4.10.